The molecule has 6 heteroatoms. The third-order valence-electron chi connectivity index (χ3n) is 22.2. The summed E-state index contributed by atoms with van der Waals surface area (Å²) >= 11 is 0. The van der Waals surface area contributed by atoms with E-state index in [1.807, 2.05) is 0 Å². The highest BCUT2D eigenvalue weighted by Gasteiger charge is 2.27. The Balaban J connectivity index is 0.779. The van der Waals surface area contributed by atoms with Crippen molar-refractivity contribution in [3.05, 3.63) is 303 Å². The molecule has 450 valence electrons. The van der Waals surface area contributed by atoms with Gasteiger partial charge in [0, 0.05) is 43.7 Å². The molecule has 0 amide bonds. The number of hydrogen-bond acceptors (Lipinski definition) is 2. The van der Waals surface area contributed by atoms with Crippen molar-refractivity contribution in [3.8, 4) is 22.7 Å². The minimum absolute atomic E-state index is 0.803. The Morgan fingerprint density at radius 2 is 0.520 bits per heavy atom. The molecular weight excluding hydrogens is 1190 g/mol. The minimum atomic E-state index is 0.803. The van der Waals surface area contributed by atoms with Crippen molar-refractivity contribution < 1.29 is 8.83 Å². The monoisotopic (exact) mass is 1240 g/mol. The Bertz CT molecular complexity index is 7260. The van der Waals surface area contributed by atoms with Gasteiger partial charge in [0.15, 0.2) is 22.3 Å². The summed E-state index contributed by atoms with van der Waals surface area (Å²) in [4.78, 5) is 0. The van der Waals surface area contributed by atoms with Crippen LogP contribution < -0.4 is 0 Å². The molecule has 0 aliphatic rings. The number of hydrogen-bond donors (Lipinski definition) is 0. The van der Waals surface area contributed by atoms with E-state index in [9.17, 15) is 0 Å². The number of rotatable bonds is 4. The van der Waals surface area contributed by atoms with Crippen LogP contribution in [-0.4, -0.2) is 18.3 Å². The predicted molar refractivity (Wildman–Crippen MR) is 412 cm³/mol. The summed E-state index contributed by atoms with van der Waals surface area (Å²) in [6.07, 6.45) is 0. The van der Waals surface area contributed by atoms with Gasteiger partial charge in [-0.25, -0.2) is 0 Å². The molecule has 0 fully saturated rings. The molecule has 24 rings (SSSR count). The molecule has 0 unspecified atom stereocenters. The Morgan fingerprint density at radius 1 is 0.163 bits per heavy atom. The highest BCUT2D eigenvalue weighted by molar-refractivity contribution is 6.41. The van der Waals surface area contributed by atoms with Crippen LogP contribution in [-0.2, 0) is 0 Å². The Hall–Kier alpha value is -13.2. The zero-order valence-electron chi connectivity index (χ0n) is 52.5. The van der Waals surface area contributed by atoms with E-state index >= 15 is 0 Å². The first-order valence-corrected chi connectivity index (χ1v) is 33.8. The number of para-hydroxylation sites is 6. The molecular formula is C92H50N4O2. The smallest absolute Gasteiger partial charge is 0.152 e. The fourth-order valence-electron chi connectivity index (χ4n) is 18.3. The molecule has 0 atom stereocenters. The summed E-state index contributed by atoms with van der Waals surface area (Å²) in [6.45, 7) is 0. The number of fused-ring (bicyclic) bond motifs is 16. The number of benzene rings is 20. The van der Waals surface area contributed by atoms with E-state index < -0.39 is 0 Å². The van der Waals surface area contributed by atoms with Crippen LogP contribution >= 0.6 is 0 Å². The first-order valence-electron chi connectivity index (χ1n) is 33.8. The molecule has 4 aromatic heterocycles. The Labute approximate surface area is 556 Å². The molecule has 0 saturated heterocycles. The second-order valence-corrected chi connectivity index (χ2v) is 26.9. The zero-order valence-corrected chi connectivity index (χ0v) is 52.5. The van der Waals surface area contributed by atoms with Crippen LogP contribution in [0.1, 0.15) is 0 Å². The zero-order chi connectivity index (χ0) is 63.3. The van der Waals surface area contributed by atoms with Crippen molar-refractivity contribution in [1.82, 2.24) is 18.3 Å². The Kier molecular flexibility index (Phi) is 9.63. The normalized spacial score (nSPS) is 12.7. The van der Waals surface area contributed by atoms with Crippen LogP contribution in [0.2, 0.25) is 0 Å². The lowest BCUT2D eigenvalue weighted by atomic mass is 9.88. The first kappa shape index (κ1) is 51.3. The highest BCUT2D eigenvalue weighted by Crippen LogP contribution is 2.51. The molecule has 98 heavy (non-hydrogen) atoms. The van der Waals surface area contributed by atoms with E-state index in [1.165, 1.54) is 118 Å². The average Bonchev–Trinajstić information content (AvgIpc) is 1.45. The van der Waals surface area contributed by atoms with Crippen molar-refractivity contribution >= 4 is 207 Å². The molecule has 24 aromatic rings. The SMILES string of the molecule is c1ccc(-n2c3cc4c(cc3c3c5cccc6c7cccc8cccc(c(cc32)c65)c87)oc2ccccc2n4-c2ccc3ccc4c(-n5c6ccccc6oc6cc7c8c9cccc%10c%11cccc%12cccc(c(cc8n(-c8ccccc8)c7cc65)c%109)c%12%11)ccc5ccc2c3c54)cc1. The molecule has 4 heterocycles. The number of nitrogens with zero attached hydrogens (tertiary/aromatic N) is 4. The van der Waals surface area contributed by atoms with Crippen LogP contribution in [0.25, 0.3) is 229 Å². The van der Waals surface area contributed by atoms with Crippen molar-refractivity contribution in [2.45, 2.75) is 0 Å². The van der Waals surface area contributed by atoms with E-state index in [2.05, 4.69) is 322 Å². The van der Waals surface area contributed by atoms with Gasteiger partial charge in [-0.15, -0.1) is 0 Å². The topological polar surface area (TPSA) is 46.0 Å². The molecule has 0 aliphatic heterocycles. The van der Waals surface area contributed by atoms with Gasteiger partial charge in [0.05, 0.1) is 55.5 Å². The van der Waals surface area contributed by atoms with Crippen molar-refractivity contribution in [3.63, 3.8) is 0 Å². The molecule has 20 aromatic carbocycles. The van der Waals surface area contributed by atoms with Gasteiger partial charge in [-0.2, -0.15) is 0 Å². The van der Waals surface area contributed by atoms with E-state index in [1.54, 1.807) is 0 Å². The van der Waals surface area contributed by atoms with Gasteiger partial charge in [0.2, 0.25) is 0 Å². The third kappa shape index (κ3) is 6.47. The molecule has 0 spiro atoms. The van der Waals surface area contributed by atoms with Crippen molar-refractivity contribution in [2.75, 3.05) is 0 Å². The van der Waals surface area contributed by atoms with Crippen molar-refractivity contribution in [2.24, 2.45) is 0 Å². The lowest BCUT2D eigenvalue weighted by Crippen LogP contribution is -2.03. The quantitative estimate of drug-likeness (QED) is 0.130. The lowest BCUT2D eigenvalue weighted by molar-refractivity contribution is 0.654. The number of aromatic nitrogens is 4. The van der Waals surface area contributed by atoms with E-state index in [4.69, 9.17) is 8.83 Å². The third-order valence-corrected chi connectivity index (χ3v) is 22.2. The van der Waals surface area contributed by atoms with Gasteiger partial charge in [0.1, 0.15) is 0 Å². The van der Waals surface area contributed by atoms with Gasteiger partial charge in [-0.1, -0.05) is 206 Å². The maximum absolute atomic E-state index is 7.21. The molecule has 0 saturated carbocycles. The van der Waals surface area contributed by atoms with Gasteiger partial charge in [-0.3, -0.25) is 0 Å². The second kappa shape index (κ2) is 18.4. The van der Waals surface area contributed by atoms with E-state index in [-0.39, 0.29) is 0 Å². The largest absolute Gasteiger partial charge is 0.453 e. The predicted octanol–water partition coefficient (Wildman–Crippen LogP) is 25.4. The van der Waals surface area contributed by atoms with Crippen LogP contribution in [0.15, 0.2) is 312 Å². The average molecular weight is 1240 g/mol. The van der Waals surface area contributed by atoms with Crippen LogP contribution in [0.3, 0.4) is 0 Å². The van der Waals surface area contributed by atoms with Crippen molar-refractivity contribution in [1.29, 1.82) is 0 Å². The molecule has 6 nitrogen and oxygen atoms in total. The van der Waals surface area contributed by atoms with Crippen LogP contribution in [0.4, 0.5) is 0 Å². The van der Waals surface area contributed by atoms with Gasteiger partial charge >= 0.3 is 0 Å². The lowest BCUT2D eigenvalue weighted by Gasteiger charge is -2.21. The fourth-order valence-corrected chi connectivity index (χ4v) is 18.3. The fraction of sp³-hybridized carbons (Fsp3) is 0. The van der Waals surface area contributed by atoms with Gasteiger partial charge in [-0.05, 0) is 205 Å². The summed E-state index contributed by atoms with van der Waals surface area (Å²) in [7, 11) is 0. The van der Waals surface area contributed by atoms with Gasteiger partial charge < -0.3 is 27.1 Å². The van der Waals surface area contributed by atoms with Crippen LogP contribution in [0.5, 0.6) is 0 Å². The summed E-state index contributed by atoms with van der Waals surface area (Å²) in [6, 6.07) is 113. The van der Waals surface area contributed by atoms with E-state index in [0.717, 1.165) is 111 Å². The van der Waals surface area contributed by atoms with E-state index in [0.29, 0.717) is 0 Å². The maximum Gasteiger partial charge on any atom is 0.152 e. The summed E-state index contributed by atoms with van der Waals surface area (Å²) in [5.41, 5.74) is 16.0. The standard InChI is InChI=1S/C92H50N4O2/c1-3-21-55(22-4-1)93-75-49-77-83(47-69(75)91-65-31-15-29-59-57-25-11-17-51-19-13-27-61(85(51)57)67(89(59)65)45-79(91)93)97-81-35-9-7-33-73(81)95(77)71-43-39-53-38-42-64-72(44-40-54-37-41-63(71)87(53)88(54)64)96-74-34-8-10-36-82(74)98-84-48-70-76(50-78(84)96)94(56-23-5-2-6-24-56)80-46-68-62-28-14-20-52-18-12-26-58(86(52)62)60-30-16-32-66(90(60)68)92(70)80/h1-50H. The second-order valence-electron chi connectivity index (χ2n) is 26.9. The molecule has 0 bridgehead atoms. The molecule has 0 radical (unpaired) electrons. The maximum atomic E-state index is 7.21. The van der Waals surface area contributed by atoms with Crippen LogP contribution in [0, 0.1) is 0 Å². The van der Waals surface area contributed by atoms with Gasteiger partial charge in [0.25, 0.3) is 0 Å². The summed E-state index contributed by atoms with van der Waals surface area (Å²) in [5.74, 6) is 0. The molecule has 0 aliphatic carbocycles. The summed E-state index contributed by atoms with van der Waals surface area (Å²) < 4.78 is 24.3. The minimum Gasteiger partial charge on any atom is -0.453 e. The highest BCUT2D eigenvalue weighted by atomic mass is 16.3. The first-order chi connectivity index (χ1) is 48.6. The molecule has 0 N–H and O–H groups in total. The Morgan fingerprint density at radius 3 is 0.959 bits per heavy atom. The summed E-state index contributed by atoms with van der Waals surface area (Å²) in [5, 5.41) is 32.1.